The molecular weight excluding hydrogens is 238 g/mol. The number of imidazole rings is 1. The first-order valence-electron chi connectivity index (χ1n) is 6.80. The molecule has 5 heteroatoms. The molecule has 0 radical (unpaired) electrons. The lowest BCUT2D eigenvalue weighted by Crippen LogP contribution is -2.18. The highest BCUT2D eigenvalue weighted by Crippen LogP contribution is 2.27. The van der Waals surface area contributed by atoms with E-state index in [-0.39, 0.29) is 6.04 Å². The van der Waals surface area contributed by atoms with Gasteiger partial charge in [-0.05, 0) is 26.7 Å². The van der Waals surface area contributed by atoms with Gasteiger partial charge < -0.3 is 10.7 Å². The molecule has 0 amide bonds. The molecule has 0 aromatic carbocycles. The molecule has 2 aromatic rings. The van der Waals surface area contributed by atoms with Crippen molar-refractivity contribution >= 4 is 0 Å². The third-order valence-corrected chi connectivity index (χ3v) is 3.58. The van der Waals surface area contributed by atoms with Crippen LogP contribution in [0.4, 0.5) is 0 Å². The quantitative estimate of drug-likeness (QED) is 0.888. The Morgan fingerprint density at radius 1 is 1.37 bits per heavy atom. The van der Waals surface area contributed by atoms with Crippen molar-refractivity contribution in [3.8, 4) is 11.3 Å². The summed E-state index contributed by atoms with van der Waals surface area (Å²) >= 11 is 0. The van der Waals surface area contributed by atoms with E-state index in [9.17, 15) is 0 Å². The van der Waals surface area contributed by atoms with E-state index in [1.807, 2.05) is 17.8 Å². The minimum atomic E-state index is -0.0596. The van der Waals surface area contributed by atoms with Crippen LogP contribution in [0.1, 0.15) is 44.0 Å². The zero-order valence-electron chi connectivity index (χ0n) is 12.4. The molecule has 19 heavy (non-hydrogen) atoms. The van der Waals surface area contributed by atoms with Crippen molar-refractivity contribution in [1.29, 1.82) is 0 Å². The van der Waals surface area contributed by atoms with Crippen LogP contribution in [-0.2, 0) is 6.54 Å². The van der Waals surface area contributed by atoms with Crippen LogP contribution in [0.2, 0.25) is 0 Å². The van der Waals surface area contributed by atoms with Crippen LogP contribution in [-0.4, -0.2) is 19.7 Å². The SMILES string of the molecule is CCn1nc(C)c(-c2cnc(C(N)C(C)C)[nH]2)c1C. The second-order valence-electron chi connectivity index (χ2n) is 5.31. The molecule has 0 spiro atoms. The third kappa shape index (κ3) is 2.42. The Labute approximate surface area is 114 Å². The maximum Gasteiger partial charge on any atom is 0.123 e. The zero-order chi connectivity index (χ0) is 14.2. The van der Waals surface area contributed by atoms with Crippen molar-refractivity contribution in [3.05, 3.63) is 23.4 Å². The van der Waals surface area contributed by atoms with Crippen LogP contribution in [0.3, 0.4) is 0 Å². The molecule has 5 nitrogen and oxygen atoms in total. The molecule has 0 aliphatic rings. The fourth-order valence-electron chi connectivity index (χ4n) is 2.34. The van der Waals surface area contributed by atoms with Gasteiger partial charge in [0.2, 0.25) is 0 Å². The van der Waals surface area contributed by atoms with Gasteiger partial charge in [0, 0.05) is 17.8 Å². The number of nitrogens with zero attached hydrogens (tertiary/aromatic N) is 3. The smallest absolute Gasteiger partial charge is 0.123 e. The van der Waals surface area contributed by atoms with E-state index >= 15 is 0 Å². The highest BCUT2D eigenvalue weighted by atomic mass is 15.3. The number of H-pyrrole nitrogens is 1. The van der Waals surface area contributed by atoms with Crippen molar-refractivity contribution in [2.75, 3.05) is 0 Å². The van der Waals surface area contributed by atoms with E-state index in [2.05, 4.69) is 42.8 Å². The summed E-state index contributed by atoms with van der Waals surface area (Å²) < 4.78 is 2.01. The van der Waals surface area contributed by atoms with Gasteiger partial charge in [0.25, 0.3) is 0 Å². The fraction of sp³-hybridized carbons (Fsp3) is 0.571. The molecule has 0 aliphatic carbocycles. The second kappa shape index (κ2) is 5.17. The summed E-state index contributed by atoms with van der Waals surface area (Å²) in [7, 11) is 0. The van der Waals surface area contributed by atoms with E-state index in [0.29, 0.717) is 5.92 Å². The fourth-order valence-corrected chi connectivity index (χ4v) is 2.34. The largest absolute Gasteiger partial charge is 0.341 e. The normalized spacial score (nSPS) is 13.2. The van der Waals surface area contributed by atoms with Crippen LogP contribution in [0, 0.1) is 19.8 Å². The number of hydrogen-bond donors (Lipinski definition) is 2. The Kier molecular flexibility index (Phi) is 3.75. The monoisotopic (exact) mass is 261 g/mol. The first-order valence-corrected chi connectivity index (χ1v) is 6.80. The molecule has 1 atom stereocenters. The summed E-state index contributed by atoms with van der Waals surface area (Å²) in [4.78, 5) is 7.75. The van der Waals surface area contributed by atoms with Crippen LogP contribution in [0.25, 0.3) is 11.3 Å². The van der Waals surface area contributed by atoms with Gasteiger partial charge in [0.1, 0.15) is 5.82 Å². The number of nitrogens with one attached hydrogen (secondary N) is 1. The first-order chi connectivity index (χ1) is 8.95. The summed E-state index contributed by atoms with van der Waals surface area (Å²) in [6, 6.07) is -0.0596. The van der Waals surface area contributed by atoms with Gasteiger partial charge in [0.15, 0.2) is 0 Å². The highest BCUT2D eigenvalue weighted by molar-refractivity contribution is 5.64. The average Bonchev–Trinajstić information content (AvgIpc) is 2.93. The molecule has 3 N–H and O–H groups in total. The Balaban J connectivity index is 2.41. The maximum atomic E-state index is 6.12. The van der Waals surface area contributed by atoms with Crippen LogP contribution in [0.5, 0.6) is 0 Å². The highest BCUT2D eigenvalue weighted by Gasteiger charge is 2.18. The van der Waals surface area contributed by atoms with Crippen LogP contribution in [0.15, 0.2) is 6.20 Å². The van der Waals surface area contributed by atoms with E-state index in [1.54, 1.807) is 0 Å². The molecule has 0 bridgehead atoms. The van der Waals surface area contributed by atoms with Crippen molar-refractivity contribution < 1.29 is 0 Å². The van der Waals surface area contributed by atoms with Gasteiger partial charge in [-0.3, -0.25) is 4.68 Å². The van der Waals surface area contributed by atoms with Gasteiger partial charge in [-0.1, -0.05) is 13.8 Å². The lowest BCUT2D eigenvalue weighted by Gasteiger charge is -2.12. The van der Waals surface area contributed by atoms with E-state index < -0.39 is 0 Å². The standard InChI is InChI=1S/C14H23N5/c1-6-19-10(5)12(9(4)18-19)11-7-16-14(17-11)13(15)8(2)3/h7-8,13H,6,15H2,1-5H3,(H,16,17). The van der Waals surface area contributed by atoms with Crippen LogP contribution >= 0.6 is 0 Å². The van der Waals surface area contributed by atoms with Gasteiger partial charge in [-0.2, -0.15) is 5.10 Å². The lowest BCUT2D eigenvalue weighted by molar-refractivity contribution is 0.494. The Morgan fingerprint density at radius 3 is 2.58 bits per heavy atom. The van der Waals surface area contributed by atoms with Crippen molar-refractivity contribution in [2.45, 2.75) is 47.2 Å². The number of aromatic nitrogens is 4. The molecule has 1 unspecified atom stereocenters. The molecular formula is C14H23N5. The average molecular weight is 261 g/mol. The van der Waals surface area contributed by atoms with Crippen molar-refractivity contribution in [3.63, 3.8) is 0 Å². The summed E-state index contributed by atoms with van der Waals surface area (Å²) in [5, 5.41) is 4.53. The molecule has 0 saturated heterocycles. The molecule has 0 saturated carbocycles. The predicted molar refractivity (Wildman–Crippen MR) is 76.7 cm³/mol. The van der Waals surface area contributed by atoms with Gasteiger partial charge in [-0.25, -0.2) is 4.98 Å². The van der Waals surface area contributed by atoms with E-state index in [0.717, 1.165) is 35.0 Å². The first kappa shape index (κ1) is 13.8. The Hall–Kier alpha value is -1.62. The number of hydrogen-bond acceptors (Lipinski definition) is 3. The van der Waals surface area contributed by atoms with Gasteiger partial charge >= 0.3 is 0 Å². The minimum absolute atomic E-state index is 0.0596. The number of aromatic amines is 1. The number of aryl methyl sites for hydroxylation is 2. The molecule has 0 fully saturated rings. The maximum absolute atomic E-state index is 6.12. The Bertz CT molecular complexity index is 564. The van der Waals surface area contributed by atoms with Crippen molar-refractivity contribution in [2.24, 2.45) is 11.7 Å². The minimum Gasteiger partial charge on any atom is -0.341 e. The summed E-state index contributed by atoms with van der Waals surface area (Å²) in [5.41, 5.74) is 10.4. The lowest BCUT2D eigenvalue weighted by atomic mass is 10.1. The zero-order valence-corrected chi connectivity index (χ0v) is 12.4. The second-order valence-corrected chi connectivity index (χ2v) is 5.31. The predicted octanol–water partition coefficient (Wildman–Crippen LogP) is 2.57. The van der Waals surface area contributed by atoms with E-state index in [4.69, 9.17) is 5.73 Å². The summed E-state index contributed by atoms with van der Waals surface area (Å²) in [5.74, 6) is 1.20. The van der Waals surface area contributed by atoms with Crippen molar-refractivity contribution in [1.82, 2.24) is 19.7 Å². The molecule has 2 aromatic heterocycles. The molecule has 2 rings (SSSR count). The van der Waals surface area contributed by atoms with Gasteiger partial charge in [-0.15, -0.1) is 0 Å². The Morgan fingerprint density at radius 2 is 2.05 bits per heavy atom. The van der Waals surface area contributed by atoms with E-state index in [1.165, 1.54) is 0 Å². The molecule has 104 valence electrons. The number of rotatable bonds is 4. The third-order valence-electron chi connectivity index (χ3n) is 3.58. The topological polar surface area (TPSA) is 72.5 Å². The summed E-state index contributed by atoms with van der Waals surface area (Å²) in [6.07, 6.45) is 1.86. The number of nitrogens with two attached hydrogens (primary N) is 1. The van der Waals surface area contributed by atoms with Gasteiger partial charge in [0.05, 0.1) is 23.6 Å². The summed E-state index contributed by atoms with van der Waals surface area (Å²) in [6.45, 7) is 11.3. The van der Waals surface area contributed by atoms with Crippen LogP contribution < -0.4 is 5.73 Å². The molecule has 0 aliphatic heterocycles. The molecule has 2 heterocycles.